The van der Waals surface area contributed by atoms with Gasteiger partial charge in [0.25, 0.3) is 0 Å². The minimum atomic E-state index is -0.444. The molecule has 1 N–H and O–H groups in total. The van der Waals surface area contributed by atoms with E-state index in [0.717, 1.165) is 24.2 Å². The van der Waals surface area contributed by atoms with Gasteiger partial charge in [0.05, 0.1) is 12.5 Å². The number of aliphatic hydroxyl groups is 1. The van der Waals surface area contributed by atoms with Gasteiger partial charge in [0, 0.05) is 6.42 Å². The van der Waals surface area contributed by atoms with Gasteiger partial charge in [-0.1, -0.05) is 37.2 Å². The second kappa shape index (κ2) is 5.85. The van der Waals surface area contributed by atoms with Crippen LogP contribution < -0.4 is 4.74 Å². The Bertz CT molecular complexity index is 584. The van der Waals surface area contributed by atoms with Crippen molar-refractivity contribution in [1.82, 2.24) is 10.1 Å². The number of fused-ring (bicyclic) bond motifs is 1. The van der Waals surface area contributed by atoms with E-state index in [9.17, 15) is 5.11 Å². The average Bonchev–Trinajstić information content (AvgIpc) is 3.03. The lowest BCUT2D eigenvalue weighted by atomic mass is 10.0. The molecule has 0 spiro atoms. The van der Waals surface area contributed by atoms with Crippen LogP contribution in [0.3, 0.4) is 0 Å². The molecule has 0 aliphatic carbocycles. The molecular weight excluding hydrogens is 268 g/mol. The van der Waals surface area contributed by atoms with Gasteiger partial charge in [-0.05, 0) is 24.0 Å². The number of para-hydroxylation sites is 1. The largest absolute Gasteiger partial charge is 0.482 e. The first-order chi connectivity index (χ1) is 10.1. The Labute approximate surface area is 123 Å². The van der Waals surface area contributed by atoms with E-state index in [1.807, 2.05) is 24.3 Å². The van der Waals surface area contributed by atoms with E-state index in [4.69, 9.17) is 9.26 Å². The third kappa shape index (κ3) is 3.24. The van der Waals surface area contributed by atoms with Crippen molar-refractivity contribution >= 4 is 0 Å². The zero-order valence-corrected chi connectivity index (χ0v) is 12.3. The van der Waals surface area contributed by atoms with Crippen molar-refractivity contribution in [3.05, 3.63) is 41.5 Å². The summed E-state index contributed by atoms with van der Waals surface area (Å²) in [4.78, 5) is 4.36. The predicted molar refractivity (Wildman–Crippen MR) is 77.0 cm³/mol. The van der Waals surface area contributed by atoms with Crippen molar-refractivity contribution < 1.29 is 14.4 Å². The van der Waals surface area contributed by atoms with Crippen molar-refractivity contribution in [2.45, 2.75) is 45.3 Å². The monoisotopic (exact) mass is 288 g/mol. The number of aromatic nitrogens is 2. The molecule has 112 valence electrons. The summed E-state index contributed by atoms with van der Waals surface area (Å²) in [6.07, 6.45) is 1.24. The fourth-order valence-corrected chi connectivity index (χ4v) is 2.64. The highest BCUT2D eigenvalue weighted by Crippen LogP contribution is 2.35. The summed E-state index contributed by atoms with van der Waals surface area (Å²) in [5.74, 6) is 2.35. The molecular formula is C16H20N2O3. The third-order valence-corrected chi connectivity index (χ3v) is 3.57. The van der Waals surface area contributed by atoms with E-state index < -0.39 is 6.10 Å². The lowest BCUT2D eigenvalue weighted by molar-refractivity contribution is 0.138. The highest BCUT2D eigenvalue weighted by Gasteiger charge is 2.28. The molecule has 0 saturated carbocycles. The van der Waals surface area contributed by atoms with Crippen LogP contribution in [0.15, 0.2) is 28.8 Å². The van der Waals surface area contributed by atoms with Gasteiger partial charge in [0.1, 0.15) is 5.75 Å². The molecule has 2 unspecified atom stereocenters. The standard InChI is InChI=1S/C16H20N2O3/c1-10(2)7-12(19)9-15-17-16(18-21-15)14-8-11-5-3-4-6-13(11)20-14/h3-6,10,12,14,19H,7-9H2,1-2H3. The molecule has 1 aliphatic rings. The van der Waals surface area contributed by atoms with Crippen LogP contribution in [-0.4, -0.2) is 21.4 Å². The molecule has 1 aromatic carbocycles. The van der Waals surface area contributed by atoms with Gasteiger partial charge in [-0.15, -0.1) is 0 Å². The summed E-state index contributed by atoms with van der Waals surface area (Å²) >= 11 is 0. The Morgan fingerprint density at radius 3 is 2.90 bits per heavy atom. The first kappa shape index (κ1) is 14.1. The molecule has 0 fully saturated rings. The molecule has 0 bridgehead atoms. The topological polar surface area (TPSA) is 68.4 Å². The van der Waals surface area contributed by atoms with Gasteiger partial charge in [0.2, 0.25) is 11.7 Å². The normalized spacial score (nSPS) is 18.6. The van der Waals surface area contributed by atoms with E-state index in [2.05, 4.69) is 24.0 Å². The molecule has 1 aliphatic heterocycles. The van der Waals surface area contributed by atoms with Crippen LogP contribution in [0, 0.1) is 5.92 Å². The Morgan fingerprint density at radius 2 is 2.14 bits per heavy atom. The van der Waals surface area contributed by atoms with E-state index >= 15 is 0 Å². The van der Waals surface area contributed by atoms with Crippen molar-refractivity contribution in [2.24, 2.45) is 5.92 Å². The molecule has 2 heterocycles. The molecule has 21 heavy (non-hydrogen) atoms. The Balaban J connectivity index is 1.64. The van der Waals surface area contributed by atoms with Gasteiger partial charge in [0.15, 0.2) is 6.10 Å². The number of benzene rings is 1. The van der Waals surface area contributed by atoms with Crippen LogP contribution in [0.4, 0.5) is 0 Å². The Hall–Kier alpha value is -1.88. The molecule has 1 aromatic heterocycles. The third-order valence-electron chi connectivity index (χ3n) is 3.57. The van der Waals surface area contributed by atoms with Gasteiger partial charge in [-0.3, -0.25) is 0 Å². The summed E-state index contributed by atoms with van der Waals surface area (Å²) in [7, 11) is 0. The molecule has 2 atom stereocenters. The minimum absolute atomic E-state index is 0.192. The Kier molecular flexibility index (Phi) is 3.92. The van der Waals surface area contributed by atoms with Gasteiger partial charge in [-0.2, -0.15) is 4.98 Å². The summed E-state index contributed by atoms with van der Waals surface area (Å²) < 4.78 is 11.1. The smallest absolute Gasteiger partial charge is 0.229 e. The van der Waals surface area contributed by atoms with Crippen LogP contribution in [0.2, 0.25) is 0 Å². The molecule has 2 aromatic rings. The predicted octanol–water partition coefficient (Wildman–Crippen LogP) is 2.70. The number of hydrogen-bond donors (Lipinski definition) is 1. The lowest BCUT2D eigenvalue weighted by Gasteiger charge is -2.09. The van der Waals surface area contributed by atoms with E-state index in [1.165, 1.54) is 0 Å². The second-order valence-electron chi connectivity index (χ2n) is 5.95. The first-order valence-corrected chi connectivity index (χ1v) is 7.37. The number of nitrogens with zero attached hydrogens (tertiary/aromatic N) is 2. The lowest BCUT2D eigenvalue weighted by Crippen LogP contribution is -2.13. The number of aliphatic hydroxyl groups excluding tert-OH is 1. The fraction of sp³-hybridized carbons (Fsp3) is 0.500. The maximum absolute atomic E-state index is 9.93. The van der Waals surface area contributed by atoms with E-state index in [-0.39, 0.29) is 6.10 Å². The summed E-state index contributed by atoms with van der Waals surface area (Å²) in [6, 6.07) is 7.94. The zero-order chi connectivity index (χ0) is 14.8. The Morgan fingerprint density at radius 1 is 1.33 bits per heavy atom. The maximum atomic E-state index is 9.93. The zero-order valence-electron chi connectivity index (χ0n) is 12.3. The highest BCUT2D eigenvalue weighted by molar-refractivity contribution is 5.37. The van der Waals surface area contributed by atoms with Gasteiger partial charge >= 0.3 is 0 Å². The van der Waals surface area contributed by atoms with Gasteiger partial charge < -0.3 is 14.4 Å². The van der Waals surface area contributed by atoms with Crippen molar-refractivity contribution in [1.29, 1.82) is 0 Å². The average molecular weight is 288 g/mol. The first-order valence-electron chi connectivity index (χ1n) is 7.37. The quantitative estimate of drug-likeness (QED) is 0.916. The van der Waals surface area contributed by atoms with Crippen LogP contribution in [0.5, 0.6) is 5.75 Å². The van der Waals surface area contributed by atoms with Gasteiger partial charge in [-0.25, -0.2) is 0 Å². The summed E-state index contributed by atoms with van der Waals surface area (Å²) in [5.41, 5.74) is 1.16. The summed E-state index contributed by atoms with van der Waals surface area (Å²) in [6.45, 7) is 4.15. The molecule has 0 amide bonds. The van der Waals surface area contributed by atoms with Crippen LogP contribution in [0.25, 0.3) is 0 Å². The van der Waals surface area contributed by atoms with Crippen molar-refractivity contribution in [2.75, 3.05) is 0 Å². The van der Waals surface area contributed by atoms with Crippen LogP contribution in [-0.2, 0) is 12.8 Å². The van der Waals surface area contributed by atoms with Crippen molar-refractivity contribution in [3.8, 4) is 5.75 Å². The molecule has 0 radical (unpaired) electrons. The highest BCUT2D eigenvalue weighted by atomic mass is 16.5. The molecule has 0 saturated heterocycles. The minimum Gasteiger partial charge on any atom is -0.482 e. The fourth-order valence-electron chi connectivity index (χ4n) is 2.64. The van der Waals surface area contributed by atoms with E-state index in [1.54, 1.807) is 0 Å². The van der Waals surface area contributed by atoms with Crippen molar-refractivity contribution in [3.63, 3.8) is 0 Å². The van der Waals surface area contributed by atoms with E-state index in [0.29, 0.717) is 24.1 Å². The summed E-state index contributed by atoms with van der Waals surface area (Å²) in [5, 5.41) is 13.9. The number of hydrogen-bond acceptors (Lipinski definition) is 5. The van der Waals surface area contributed by atoms with Crippen LogP contribution >= 0.6 is 0 Å². The maximum Gasteiger partial charge on any atom is 0.229 e. The molecule has 5 nitrogen and oxygen atoms in total. The number of ether oxygens (including phenoxy) is 1. The number of rotatable bonds is 5. The SMILES string of the molecule is CC(C)CC(O)Cc1nc(C2Cc3ccccc3O2)no1. The second-order valence-corrected chi connectivity index (χ2v) is 5.95. The molecule has 5 heteroatoms. The molecule has 3 rings (SSSR count). The van der Waals surface area contributed by atoms with Crippen LogP contribution in [0.1, 0.15) is 43.7 Å².